The Morgan fingerprint density at radius 2 is 2.14 bits per heavy atom. The summed E-state index contributed by atoms with van der Waals surface area (Å²) < 4.78 is 1.93. The molecule has 112 valence electrons. The summed E-state index contributed by atoms with van der Waals surface area (Å²) in [5.74, 6) is 0.701. The summed E-state index contributed by atoms with van der Waals surface area (Å²) in [5, 5.41) is 12.8. The smallest absolute Gasteiger partial charge is 0.183 e. The molecule has 1 aromatic carbocycles. The first-order valence-corrected chi connectivity index (χ1v) is 7.71. The van der Waals surface area contributed by atoms with Crippen LogP contribution < -0.4 is 5.73 Å². The normalized spacial score (nSPS) is 21.4. The molecule has 0 bridgehead atoms. The van der Waals surface area contributed by atoms with E-state index in [2.05, 4.69) is 29.4 Å². The van der Waals surface area contributed by atoms with E-state index >= 15 is 0 Å². The van der Waals surface area contributed by atoms with Gasteiger partial charge in [-0.25, -0.2) is 4.68 Å². The minimum absolute atomic E-state index is 0.176. The van der Waals surface area contributed by atoms with Crippen molar-refractivity contribution in [1.29, 1.82) is 0 Å². The van der Waals surface area contributed by atoms with Crippen molar-refractivity contribution in [3.05, 3.63) is 23.2 Å². The van der Waals surface area contributed by atoms with Gasteiger partial charge in [0.05, 0.1) is 16.8 Å². The molecular weight excluding hydrogens is 286 g/mol. The highest BCUT2D eigenvalue weighted by atomic mass is 35.5. The SMILES string of the molecule is CC1(C)CCCCC1n1nnnc1-c1cccc(N)c1Cl. The molecule has 5 nitrogen and oxygen atoms in total. The molecule has 6 heteroatoms. The Morgan fingerprint density at radius 3 is 2.90 bits per heavy atom. The summed E-state index contributed by atoms with van der Waals surface area (Å²) in [7, 11) is 0. The van der Waals surface area contributed by atoms with Gasteiger partial charge in [0.1, 0.15) is 0 Å². The molecule has 1 saturated carbocycles. The van der Waals surface area contributed by atoms with Crippen LogP contribution in [0, 0.1) is 5.41 Å². The summed E-state index contributed by atoms with van der Waals surface area (Å²) in [6.07, 6.45) is 4.74. The van der Waals surface area contributed by atoms with E-state index in [4.69, 9.17) is 17.3 Å². The molecule has 1 fully saturated rings. The number of nitrogens with zero attached hydrogens (tertiary/aromatic N) is 4. The number of nitrogens with two attached hydrogens (primary N) is 1. The quantitative estimate of drug-likeness (QED) is 0.859. The molecule has 0 saturated heterocycles. The summed E-state index contributed by atoms with van der Waals surface area (Å²) >= 11 is 6.33. The Hall–Kier alpha value is -1.62. The lowest BCUT2D eigenvalue weighted by Crippen LogP contribution is -2.31. The molecule has 3 rings (SSSR count). The molecule has 1 aromatic heterocycles. The maximum Gasteiger partial charge on any atom is 0.183 e. The number of benzene rings is 1. The predicted octanol–water partition coefficient (Wildman–Crippen LogP) is 3.72. The highest BCUT2D eigenvalue weighted by Crippen LogP contribution is 2.45. The number of anilines is 1. The van der Waals surface area contributed by atoms with E-state index in [9.17, 15) is 0 Å². The molecule has 0 radical (unpaired) electrons. The number of aromatic nitrogens is 4. The topological polar surface area (TPSA) is 69.6 Å². The maximum atomic E-state index is 6.33. The van der Waals surface area contributed by atoms with Gasteiger partial charge in [-0.05, 0) is 40.8 Å². The molecule has 1 aliphatic rings. The highest BCUT2D eigenvalue weighted by Gasteiger charge is 2.36. The minimum atomic E-state index is 0.176. The Bertz CT molecular complexity index is 649. The van der Waals surface area contributed by atoms with Crippen molar-refractivity contribution >= 4 is 17.3 Å². The first kappa shape index (κ1) is 14.3. The molecule has 1 aliphatic carbocycles. The van der Waals surface area contributed by atoms with Gasteiger partial charge in [0.25, 0.3) is 0 Å². The van der Waals surface area contributed by atoms with Crippen LogP contribution >= 0.6 is 11.6 Å². The van der Waals surface area contributed by atoms with Gasteiger partial charge in [-0.15, -0.1) is 5.10 Å². The van der Waals surface area contributed by atoms with Crippen LogP contribution in [-0.4, -0.2) is 20.2 Å². The first-order valence-electron chi connectivity index (χ1n) is 7.33. The van der Waals surface area contributed by atoms with Crippen LogP contribution in [0.15, 0.2) is 18.2 Å². The average Bonchev–Trinajstić information content (AvgIpc) is 2.90. The standard InChI is InChI=1S/C15H20ClN5/c1-15(2)9-4-3-8-12(15)21-14(18-19-20-21)10-6-5-7-11(17)13(10)16/h5-7,12H,3-4,8-9,17H2,1-2H3. The molecule has 21 heavy (non-hydrogen) atoms. The monoisotopic (exact) mass is 305 g/mol. The minimum Gasteiger partial charge on any atom is -0.398 e. The van der Waals surface area contributed by atoms with Crippen LogP contribution in [0.3, 0.4) is 0 Å². The van der Waals surface area contributed by atoms with E-state index in [0.29, 0.717) is 16.5 Å². The van der Waals surface area contributed by atoms with Gasteiger partial charge in [0.2, 0.25) is 0 Å². The fraction of sp³-hybridized carbons (Fsp3) is 0.533. The number of halogens is 1. The second-order valence-electron chi connectivity index (χ2n) is 6.41. The largest absolute Gasteiger partial charge is 0.398 e. The summed E-state index contributed by atoms with van der Waals surface area (Å²) in [6, 6.07) is 5.86. The third-order valence-electron chi connectivity index (χ3n) is 4.51. The van der Waals surface area contributed by atoms with E-state index in [1.54, 1.807) is 6.07 Å². The summed E-state index contributed by atoms with van der Waals surface area (Å²) in [6.45, 7) is 4.56. The van der Waals surface area contributed by atoms with Gasteiger partial charge in [-0.3, -0.25) is 0 Å². The second-order valence-corrected chi connectivity index (χ2v) is 6.78. The lowest BCUT2D eigenvalue weighted by Gasteiger charge is -2.38. The van der Waals surface area contributed by atoms with Crippen molar-refractivity contribution in [3.8, 4) is 11.4 Å². The lowest BCUT2D eigenvalue weighted by molar-refractivity contribution is 0.132. The molecule has 1 atom stereocenters. The molecule has 0 amide bonds. The lowest BCUT2D eigenvalue weighted by atomic mass is 9.73. The van der Waals surface area contributed by atoms with Crippen molar-refractivity contribution in [3.63, 3.8) is 0 Å². The molecule has 1 unspecified atom stereocenters. The van der Waals surface area contributed by atoms with E-state index in [1.165, 1.54) is 19.3 Å². The summed E-state index contributed by atoms with van der Waals surface area (Å²) in [4.78, 5) is 0. The van der Waals surface area contributed by atoms with Crippen molar-refractivity contribution in [2.75, 3.05) is 5.73 Å². The number of hydrogen-bond acceptors (Lipinski definition) is 4. The van der Waals surface area contributed by atoms with Gasteiger partial charge in [-0.2, -0.15) is 0 Å². The molecule has 0 spiro atoms. The number of rotatable bonds is 2. The molecular formula is C15H20ClN5. The van der Waals surface area contributed by atoms with E-state index < -0.39 is 0 Å². The van der Waals surface area contributed by atoms with Crippen LogP contribution in [0.4, 0.5) is 5.69 Å². The van der Waals surface area contributed by atoms with E-state index in [-0.39, 0.29) is 11.5 Å². The molecule has 1 heterocycles. The van der Waals surface area contributed by atoms with Gasteiger partial charge in [0.15, 0.2) is 5.82 Å². The maximum absolute atomic E-state index is 6.33. The number of nitrogen functional groups attached to an aromatic ring is 1. The van der Waals surface area contributed by atoms with Crippen molar-refractivity contribution < 1.29 is 0 Å². The number of tetrazole rings is 1. The molecule has 2 N–H and O–H groups in total. The molecule has 2 aromatic rings. The van der Waals surface area contributed by atoms with Gasteiger partial charge >= 0.3 is 0 Å². The zero-order valence-corrected chi connectivity index (χ0v) is 13.1. The van der Waals surface area contributed by atoms with Crippen LogP contribution in [0.5, 0.6) is 0 Å². The Labute approximate surface area is 129 Å². The first-order chi connectivity index (χ1) is 10.0. The zero-order valence-electron chi connectivity index (χ0n) is 12.4. The zero-order chi connectivity index (χ0) is 15.0. The third kappa shape index (κ3) is 2.50. The predicted molar refractivity (Wildman–Crippen MR) is 84.0 cm³/mol. The van der Waals surface area contributed by atoms with Gasteiger partial charge in [-0.1, -0.05) is 44.4 Å². The second kappa shape index (κ2) is 5.30. The Morgan fingerprint density at radius 1 is 1.33 bits per heavy atom. The van der Waals surface area contributed by atoms with Gasteiger partial charge < -0.3 is 5.73 Å². The fourth-order valence-corrected chi connectivity index (χ4v) is 3.44. The highest BCUT2D eigenvalue weighted by molar-refractivity contribution is 6.35. The Kier molecular flexibility index (Phi) is 3.61. The average molecular weight is 306 g/mol. The van der Waals surface area contributed by atoms with Crippen LogP contribution in [0.1, 0.15) is 45.6 Å². The van der Waals surface area contributed by atoms with Crippen LogP contribution in [0.25, 0.3) is 11.4 Å². The van der Waals surface area contributed by atoms with Crippen LogP contribution in [0.2, 0.25) is 5.02 Å². The number of hydrogen-bond donors (Lipinski definition) is 1. The van der Waals surface area contributed by atoms with Crippen molar-refractivity contribution in [2.24, 2.45) is 5.41 Å². The van der Waals surface area contributed by atoms with Crippen LogP contribution in [-0.2, 0) is 0 Å². The van der Waals surface area contributed by atoms with Crippen molar-refractivity contribution in [2.45, 2.75) is 45.6 Å². The van der Waals surface area contributed by atoms with E-state index in [0.717, 1.165) is 12.0 Å². The summed E-state index contributed by atoms with van der Waals surface area (Å²) in [5.41, 5.74) is 7.42. The molecule has 0 aliphatic heterocycles. The fourth-order valence-electron chi connectivity index (χ4n) is 3.23. The van der Waals surface area contributed by atoms with E-state index in [1.807, 2.05) is 16.8 Å². The van der Waals surface area contributed by atoms with Gasteiger partial charge in [0, 0.05) is 5.56 Å². The van der Waals surface area contributed by atoms with Crippen molar-refractivity contribution in [1.82, 2.24) is 20.2 Å². The Balaban J connectivity index is 2.07. The third-order valence-corrected chi connectivity index (χ3v) is 4.93.